The molecule has 1 unspecified atom stereocenters. The highest BCUT2D eigenvalue weighted by Crippen LogP contribution is 2.26. The fraction of sp³-hybridized carbons (Fsp3) is 0.300. The molecule has 2 nitrogen and oxygen atoms in total. The van der Waals surface area contributed by atoms with Gasteiger partial charge in [-0.25, -0.2) is 8.78 Å². The molecule has 80 valence electrons. The molecule has 0 aromatic heterocycles. The van der Waals surface area contributed by atoms with Crippen LogP contribution in [0.2, 0.25) is 0 Å². The van der Waals surface area contributed by atoms with Crippen molar-refractivity contribution in [3.63, 3.8) is 0 Å². The Morgan fingerprint density at radius 3 is 2.33 bits per heavy atom. The Balaban J connectivity index is 2.34. The molecule has 1 aliphatic rings. The lowest BCUT2D eigenvalue weighted by Gasteiger charge is -2.15. The fourth-order valence-corrected chi connectivity index (χ4v) is 2.05. The van der Waals surface area contributed by atoms with Crippen LogP contribution in [0.5, 0.6) is 0 Å². The molecule has 1 aromatic carbocycles. The first-order chi connectivity index (χ1) is 7.08. The van der Waals surface area contributed by atoms with Gasteiger partial charge in [0.2, 0.25) is 5.91 Å². The molecule has 1 aromatic rings. The van der Waals surface area contributed by atoms with E-state index in [1.54, 1.807) is 0 Å². The van der Waals surface area contributed by atoms with Crippen molar-refractivity contribution in [3.8, 4) is 0 Å². The van der Waals surface area contributed by atoms with Crippen molar-refractivity contribution in [2.24, 2.45) is 0 Å². The summed E-state index contributed by atoms with van der Waals surface area (Å²) in [5, 5.41) is 0. The second-order valence-electron chi connectivity index (χ2n) is 3.37. The van der Waals surface area contributed by atoms with Gasteiger partial charge in [0, 0.05) is 18.3 Å². The van der Waals surface area contributed by atoms with Gasteiger partial charge in [-0.2, -0.15) is 0 Å². The van der Waals surface area contributed by atoms with Gasteiger partial charge in [0.05, 0.1) is 4.83 Å². The molecule has 0 saturated carbocycles. The second kappa shape index (κ2) is 3.89. The SMILES string of the molecule is O=C1C(Br)CCN1c1cc(F)cc(F)c1. The Labute approximate surface area is 94.0 Å². The topological polar surface area (TPSA) is 20.3 Å². The Bertz CT molecular complexity index is 390. The zero-order valence-corrected chi connectivity index (χ0v) is 9.30. The summed E-state index contributed by atoms with van der Waals surface area (Å²) in [5.74, 6) is -1.49. The summed E-state index contributed by atoms with van der Waals surface area (Å²) in [7, 11) is 0. The zero-order valence-electron chi connectivity index (χ0n) is 7.71. The van der Waals surface area contributed by atoms with Crippen LogP contribution in [0, 0.1) is 11.6 Å². The van der Waals surface area contributed by atoms with Crippen molar-refractivity contribution < 1.29 is 13.6 Å². The minimum absolute atomic E-state index is 0.153. The van der Waals surface area contributed by atoms with Gasteiger partial charge in [-0.1, -0.05) is 15.9 Å². The molecule has 1 aliphatic heterocycles. The van der Waals surface area contributed by atoms with Crippen LogP contribution in [0.15, 0.2) is 18.2 Å². The summed E-state index contributed by atoms with van der Waals surface area (Å²) in [6.07, 6.45) is 0.650. The minimum atomic E-state index is -0.671. The van der Waals surface area contributed by atoms with Crippen molar-refractivity contribution in [1.82, 2.24) is 0 Å². The van der Waals surface area contributed by atoms with Crippen LogP contribution >= 0.6 is 15.9 Å². The zero-order chi connectivity index (χ0) is 11.0. The predicted molar refractivity (Wildman–Crippen MR) is 56.0 cm³/mol. The van der Waals surface area contributed by atoms with Gasteiger partial charge in [0.15, 0.2) is 0 Å². The standard InChI is InChI=1S/C10H8BrF2NO/c11-9-1-2-14(10(9)15)8-4-6(12)3-7(13)5-8/h3-5,9H,1-2H2. The molecule has 1 heterocycles. The third-order valence-electron chi connectivity index (χ3n) is 2.30. The van der Waals surface area contributed by atoms with E-state index in [1.807, 2.05) is 0 Å². The van der Waals surface area contributed by atoms with Crippen molar-refractivity contribution in [1.29, 1.82) is 0 Å². The predicted octanol–water partition coefficient (Wildman–Crippen LogP) is 2.47. The van der Waals surface area contributed by atoms with E-state index >= 15 is 0 Å². The average Bonchev–Trinajstić information content (AvgIpc) is 2.46. The molecule has 1 atom stereocenters. The number of alkyl halides is 1. The number of halogens is 3. The quantitative estimate of drug-likeness (QED) is 0.721. The Morgan fingerprint density at radius 1 is 1.27 bits per heavy atom. The maximum Gasteiger partial charge on any atom is 0.240 e. The summed E-state index contributed by atoms with van der Waals surface area (Å²) in [4.78, 5) is 12.7. The molecule has 2 rings (SSSR count). The van der Waals surface area contributed by atoms with E-state index in [9.17, 15) is 13.6 Å². The fourth-order valence-electron chi connectivity index (χ4n) is 1.60. The Morgan fingerprint density at radius 2 is 1.87 bits per heavy atom. The molecule has 0 radical (unpaired) electrons. The lowest BCUT2D eigenvalue weighted by molar-refractivity contribution is -0.116. The number of carbonyl (C=O) groups excluding carboxylic acids is 1. The van der Waals surface area contributed by atoms with Crippen molar-refractivity contribution >= 4 is 27.5 Å². The summed E-state index contributed by atoms with van der Waals surface area (Å²) >= 11 is 3.20. The molecule has 1 amide bonds. The van der Waals surface area contributed by atoms with E-state index in [-0.39, 0.29) is 16.4 Å². The molecule has 15 heavy (non-hydrogen) atoms. The smallest absolute Gasteiger partial charge is 0.240 e. The number of amides is 1. The summed E-state index contributed by atoms with van der Waals surface area (Å²) in [6, 6.07) is 3.10. The molecule has 0 spiro atoms. The van der Waals surface area contributed by atoms with Gasteiger partial charge in [0.25, 0.3) is 0 Å². The molecule has 5 heteroatoms. The molecular weight excluding hydrogens is 268 g/mol. The highest BCUT2D eigenvalue weighted by Gasteiger charge is 2.30. The Kier molecular flexibility index (Phi) is 2.73. The van der Waals surface area contributed by atoms with Gasteiger partial charge in [0.1, 0.15) is 11.6 Å². The highest BCUT2D eigenvalue weighted by molar-refractivity contribution is 9.10. The number of hydrogen-bond acceptors (Lipinski definition) is 1. The van der Waals surface area contributed by atoms with Crippen molar-refractivity contribution in [2.45, 2.75) is 11.2 Å². The van der Waals surface area contributed by atoms with E-state index in [0.29, 0.717) is 13.0 Å². The van der Waals surface area contributed by atoms with Crippen molar-refractivity contribution in [3.05, 3.63) is 29.8 Å². The molecule has 0 bridgehead atoms. The molecule has 1 saturated heterocycles. The van der Waals surface area contributed by atoms with Gasteiger partial charge in [-0.15, -0.1) is 0 Å². The van der Waals surface area contributed by atoms with E-state index in [0.717, 1.165) is 18.2 Å². The number of benzene rings is 1. The van der Waals surface area contributed by atoms with Gasteiger partial charge < -0.3 is 4.90 Å². The van der Waals surface area contributed by atoms with Crippen molar-refractivity contribution in [2.75, 3.05) is 11.4 Å². The normalized spacial score (nSPS) is 21.1. The van der Waals surface area contributed by atoms with E-state index in [1.165, 1.54) is 4.90 Å². The molecule has 0 N–H and O–H groups in total. The molecular formula is C10H8BrF2NO. The number of anilines is 1. The van der Waals surface area contributed by atoms with Crippen LogP contribution in [0.3, 0.4) is 0 Å². The van der Waals surface area contributed by atoms with E-state index < -0.39 is 11.6 Å². The number of hydrogen-bond donors (Lipinski definition) is 0. The van der Waals surface area contributed by atoms with Crippen LogP contribution < -0.4 is 4.90 Å². The molecule has 0 aliphatic carbocycles. The third-order valence-corrected chi connectivity index (χ3v) is 3.15. The highest BCUT2D eigenvalue weighted by atomic mass is 79.9. The summed E-state index contributed by atoms with van der Waals surface area (Å²) < 4.78 is 25.8. The second-order valence-corrected chi connectivity index (χ2v) is 4.48. The van der Waals surface area contributed by atoms with Gasteiger partial charge in [-0.05, 0) is 18.6 Å². The lowest BCUT2D eigenvalue weighted by Crippen LogP contribution is -2.27. The first-order valence-electron chi connectivity index (χ1n) is 4.49. The number of carbonyl (C=O) groups is 1. The summed E-state index contributed by atoms with van der Waals surface area (Å²) in [5.41, 5.74) is 0.277. The average molecular weight is 276 g/mol. The molecule has 1 fully saturated rings. The van der Waals surface area contributed by atoms with Crippen LogP contribution in [0.1, 0.15) is 6.42 Å². The largest absolute Gasteiger partial charge is 0.311 e. The number of nitrogens with zero attached hydrogens (tertiary/aromatic N) is 1. The lowest BCUT2D eigenvalue weighted by atomic mass is 10.3. The van der Waals surface area contributed by atoms with Gasteiger partial charge in [-0.3, -0.25) is 4.79 Å². The van der Waals surface area contributed by atoms with E-state index in [2.05, 4.69) is 15.9 Å². The summed E-state index contributed by atoms with van der Waals surface area (Å²) in [6.45, 7) is 0.484. The van der Waals surface area contributed by atoms with Crippen LogP contribution in [0.4, 0.5) is 14.5 Å². The maximum atomic E-state index is 12.9. The minimum Gasteiger partial charge on any atom is -0.311 e. The maximum absolute atomic E-state index is 12.9. The first-order valence-corrected chi connectivity index (χ1v) is 5.41. The first kappa shape index (κ1) is 10.5. The van der Waals surface area contributed by atoms with Crippen LogP contribution in [-0.2, 0) is 4.79 Å². The Hall–Kier alpha value is -0.970. The monoisotopic (exact) mass is 275 g/mol. The number of rotatable bonds is 1. The van der Waals surface area contributed by atoms with Gasteiger partial charge >= 0.3 is 0 Å². The van der Waals surface area contributed by atoms with Crippen LogP contribution in [0.25, 0.3) is 0 Å². The third kappa shape index (κ3) is 2.02. The van der Waals surface area contributed by atoms with E-state index in [4.69, 9.17) is 0 Å². The van der Waals surface area contributed by atoms with Crippen LogP contribution in [-0.4, -0.2) is 17.3 Å².